The Morgan fingerprint density at radius 1 is 1.41 bits per heavy atom. The zero-order valence-electron chi connectivity index (χ0n) is 9.16. The number of H-pyrrole nitrogens is 1. The minimum absolute atomic E-state index is 0.110. The average Bonchev–Trinajstić information content (AvgIpc) is 2.78. The van der Waals surface area contributed by atoms with E-state index in [1.807, 2.05) is 12.1 Å². The zero-order chi connectivity index (χ0) is 12.3. The molecular formula is C13H11BrN2O. The third kappa shape index (κ3) is 2.56. The van der Waals surface area contributed by atoms with Crippen LogP contribution in [0, 0.1) is 11.3 Å². The van der Waals surface area contributed by atoms with Gasteiger partial charge in [0.1, 0.15) is 0 Å². The van der Waals surface area contributed by atoms with E-state index in [-0.39, 0.29) is 5.78 Å². The molecule has 0 radical (unpaired) electrons. The predicted octanol–water partition coefficient (Wildman–Crippen LogP) is 3.40. The van der Waals surface area contributed by atoms with Crippen LogP contribution in [0.25, 0.3) is 10.9 Å². The summed E-state index contributed by atoms with van der Waals surface area (Å²) in [7, 11) is 0. The molecule has 86 valence electrons. The van der Waals surface area contributed by atoms with E-state index in [1.165, 1.54) is 0 Å². The van der Waals surface area contributed by atoms with Gasteiger partial charge in [-0.25, -0.2) is 0 Å². The number of hydrogen-bond donors (Lipinski definition) is 1. The third-order valence-electron chi connectivity index (χ3n) is 2.59. The SMILES string of the molecule is N#Cc1ccc2[nH]c(C(=O)CCCBr)cc2c1. The number of aromatic nitrogens is 1. The van der Waals surface area contributed by atoms with Crippen LogP contribution in [0.15, 0.2) is 24.3 Å². The van der Waals surface area contributed by atoms with Gasteiger partial charge in [0.2, 0.25) is 0 Å². The Kier molecular flexibility index (Phi) is 3.60. The molecule has 0 aliphatic carbocycles. The minimum atomic E-state index is 0.110. The van der Waals surface area contributed by atoms with Gasteiger partial charge in [-0.05, 0) is 30.7 Å². The summed E-state index contributed by atoms with van der Waals surface area (Å²) >= 11 is 3.31. The van der Waals surface area contributed by atoms with Crippen LogP contribution in [0.4, 0.5) is 0 Å². The van der Waals surface area contributed by atoms with Gasteiger partial charge in [-0.3, -0.25) is 4.79 Å². The number of nitrogens with zero attached hydrogens (tertiary/aromatic N) is 1. The molecule has 0 bridgehead atoms. The van der Waals surface area contributed by atoms with E-state index < -0.39 is 0 Å². The topological polar surface area (TPSA) is 56.6 Å². The molecule has 3 nitrogen and oxygen atoms in total. The van der Waals surface area contributed by atoms with Crippen LogP contribution >= 0.6 is 15.9 Å². The fourth-order valence-corrected chi connectivity index (χ4v) is 1.99. The lowest BCUT2D eigenvalue weighted by Gasteiger charge is -1.94. The van der Waals surface area contributed by atoms with E-state index in [0.29, 0.717) is 17.7 Å². The van der Waals surface area contributed by atoms with Crippen molar-refractivity contribution in [2.24, 2.45) is 0 Å². The molecule has 0 atom stereocenters. The van der Waals surface area contributed by atoms with Crippen molar-refractivity contribution < 1.29 is 4.79 Å². The molecule has 1 N–H and O–H groups in total. The minimum Gasteiger partial charge on any atom is -0.352 e. The first-order chi connectivity index (χ1) is 8.24. The van der Waals surface area contributed by atoms with Crippen molar-refractivity contribution in [1.82, 2.24) is 4.98 Å². The van der Waals surface area contributed by atoms with Crippen molar-refractivity contribution in [3.05, 3.63) is 35.5 Å². The zero-order valence-corrected chi connectivity index (χ0v) is 10.8. The second-order valence-corrected chi connectivity index (χ2v) is 4.61. The Morgan fingerprint density at radius 2 is 2.24 bits per heavy atom. The van der Waals surface area contributed by atoms with E-state index >= 15 is 0 Å². The Labute approximate surface area is 108 Å². The molecule has 1 aromatic carbocycles. The number of alkyl halides is 1. The fourth-order valence-electron chi connectivity index (χ4n) is 1.71. The second-order valence-electron chi connectivity index (χ2n) is 3.81. The Balaban J connectivity index is 2.32. The van der Waals surface area contributed by atoms with Crippen LogP contribution < -0.4 is 0 Å². The summed E-state index contributed by atoms with van der Waals surface area (Å²) in [6.07, 6.45) is 1.36. The van der Waals surface area contributed by atoms with E-state index in [4.69, 9.17) is 5.26 Å². The lowest BCUT2D eigenvalue weighted by molar-refractivity contribution is 0.0978. The maximum absolute atomic E-state index is 11.8. The first-order valence-electron chi connectivity index (χ1n) is 5.36. The molecule has 0 amide bonds. The molecule has 2 aromatic rings. The number of nitriles is 1. The maximum Gasteiger partial charge on any atom is 0.179 e. The van der Waals surface area contributed by atoms with Gasteiger partial charge in [0, 0.05) is 22.7 Å². The number of nitrogens with one attached hydrogen (secondary N) is 1. The molecule has 2 rings (SSSR count). The quantitative estimate of drug-likeness (QED) is 0.693. The number of carbonyl (C=O) groups excluding carboxylic acids is 1. The molecule has 0 fully saturated rings. The smallest absolute Gasteiger partial charge is 0.179 e. The second kappa shape index (κ2) is 5.15. The molecular weight excluding hydrogens is 280 g/mol. The molecule has 0 aliphatic heterocycles. The Morgan fingerprint density at radius 3 is 2.94 bits per heavy atom. The van der Waals surface area contributed by atoms with E-state index in [0.717, 1.165) is 22.7 Å². The summed E-state index contributed by atoms with van der Waals surface area (Å²) in [5, 5.41) is 10.5. The molecule has 1 heterocycles. The summed E-state index contributed by atoms with van der Waals surface area (Å²) < 4.78 is 0. The molecule has 0 unspecified atom stereocenters. The largest absolute Gasteiger partial charge is 0.352 e. The molecule has 1 aromatic heterocycles. The molecule has 0 aliphatic rings. The van der Waals surface area contributed by atoms with Crippen LogP contribution in [0.5, 0.6) is 0 Å². The predicted molar refractivity (Wildman–Crippen MR) is 70.4 cm³/mol. The van der Waals surface area contributed by atoms with Crippen molar-refractivity contribution in [2.45, 2.75) is 12.8 Å². The highest BCUT2D eigenvalue weighted by Crippen LogP contribution is 2.18. The van der Waals surface area contributed by atoms with Crippen LogP contribution in [-0.2, 0) is 0 Å². The van der Waals surface area contributed by atoms with Crippen LogP contribution in [0.2, 0.25) is 0 Å². The van der Waals surface area contributed by atoms with E-state index in [1.54, 1.807) is 12.1 Å². The molecule has 0 spiro atoms. The molecule has 4 heteroatoms. The summed E-state index contributed by atoms with van der Waals surface area (Å²) in [6, 6.07) is 9.25. The van der Waals surface area contributed by atoms with Gasteiger partial charge in [0.15, 0.2) is 5.78 Å². The Bertz CT molecular complexity index is 595. The number of carbonyl (C=O) groups is 1. The fraction of sp³-hybridized carbons (Fsp3) is 0.231. The lowest BCUT2D eigenvalue weighted by atomic mass is 10.1. The average molecular weight is 291 g/mol. The van der Waals surface area contributed by atoms with Crippen molar-refractivity contribution in [3.63, 3.8) is 0 Å². The molecule has 0 saturated heterocycles. The maximum atomic E-state index is 11.8. The first kappa shape index (κ1) is 11.9. The summed E-state index contributed by atoms with van der Waals surface area (Å²) in [5.74, 6) is 0.110. The number of rotatable bonds is 4. The van der Waals surface area contributed by atoms with Crippen molar-refractivity contribution in [3.8, 4) is 6.07 Å². The van der Waals surface area contributed by atoms with E-state index in [2.05, 4.69) is 27.0 Å². The highest BCUT2D eigenvalue weighted by molar-refractivity contribution is 9.09. The first-order valence-corrected chi connectivity index (χ1v) is 6.49. The number of ketones is 1. The van der Waals surface area contributed by atoms with E-state index in [9.17, 15) is 4.79 Å². The number of Topliss-reactive ketones (excluding diaryl/α,β-unsaturated/α-hetero) is 1. The van der Waals surface area contributed by atoms with Crippen molar-refractivity contribution in [1.29, 1.82) is 5.26 Å². The Hall–Kier alpha value is -1.60. The van der Waals surface area contributed by atoms with Gasteiger partial charge >= 0.3 is 0 Å². The number of hydrogen-bond acceptors (Lipinski definition) is 2. The number of fused-ring (bicyclic) bond motifs is 1. The normalized spacial score (nSPS) is 10.4. The highest BCUT2D eigenvalue weighted by atomic mass is 79.9. The van der Waals surface area contributed by atoms with Crippen molar-refractivity contribution >= 4 is 32.6 Å². The third-order valence-corrected chi connectivity index (χ3v) is 3.15. The van der Waals surface area contributed by atoms with Crippen LogP contribution in [-0.4, -0.2) is 16.1 Å². The van der Waals surface area contributed by atoms with Gasteiger partial charge in [0.25, 0.3) is 0 Å². The van der Waals surface area contributed by atoms with Crippen LogP contribution in [0.3, 0.4) is 0 Å². The van der Waals surface area contributed by atoms with Gasteiger partial charge in [-0.2, -0.15) is 5.26 Å². The molecule has 0 saturated carbocycles. The summed E-state index contributed by atoms with van der Waals surface area (Å²) in [4.78, 5) is 14.9. The van der Waals surface area contributed by atoms with Crippen molar-refractivity contribution in [2.75, 3.05) is 5.33 Å². The number of halogens is 1. The van der Waals surface area contributed by atoms with Gasteiger partial charge in [-0.1, -0.05) is 15.9 Å². The molecule has 17 heavy (non-hydrogen) atoms. The number of aromatic amines is 1. The summed E-state index contributed by atoms with van der Waals surface area (Å²) in [6.45, 7) is 0. The standard InChI is InChI=1S/C13H11BrN2O/c14-5-1-2-13(17)12-7-10-6-9(8-15)3-4-11(10)16-12/h3-4,6-7,16H,1-2,5H2. The van der Waals surface area contributed by atoms with Gasteiger partial charge < -0.3 is 4.98 Å². The monoisotopic (exact) mass is 290 g/mol. The highest BCUT2D eigenvalue weighted by Gasteiger charge is 2.09. The van der Waals surface area contributed by atoms with Gasteiger partial charge in [-0.15, -0.1) is 0 Å². The number of benzene rings is 1. The summed E-state index contributed by atoms with van der Waals surface area (Å²) in [5.41, 5.74) is 2.12. The van der Waals surface area contributed by atoms with Crippen LogP contribution in [0.1, 0.15) is 28.9 Å². The van der Waals surface area contributed by atoms with Gasteiger partial charge in [0.05, 0.1) is 17.3 Å². The lowest BCUT2D eigenvalue weighted by Crippen LogP contribution is -1.99.